The van der Waals surface area contributed by atoms with E-state index in [1.165, 1.54) is 0 Å². The smallest absolute Gasteiger partial charge is 0.319 e. The van der Waals surface area contributed by atoms with Crippen molar-refractivity contribution in [2.45, 2.75) is 24.8 Å². The van der Waals surface area contributed by atoms with E-state index >= 15 is 0 Å². The van der Waals surface area contributed by atoms with Gasteiger partial charge in [0, 0.05) is 13.1 Å². The van der Waals surface area contributed by atoms with Crippen molar-refractivity contribution in [2.24, 2.45) is 0 Å². The van der Waals surface area contributed by atoms with Crippen molar-refractivity contribution >= 4 is 21.6 Å². The van der Waals surface area contributed by atoms with Crippen LogP contribution in [0.15, 0.2) is 95.9 Å². The van der Waals surface area contributed by atoms with Crippen molar-refractivity contribution < 1.29 is 13.2 Å². The second-order valence-electron chi connectivity index (χ2n) is 7.90. The second-order valence-corrected chi connectivity index (χ2v) is 9.76. The summed E-state index contributed by atoms with van der Waals surface area (Å²) in [6.07, 6.45) is 2.69. The Kier molecular flexibility index (Phi) is 6.42. The Hall–Kier alpha value is -3.38. The van der Waals surface area contributed by atoms with E-state index in [0.717, 1.165) is 26.6 Å². The first-order valence-electron chi connectivity index (χ1n) is 10.6. The van der Waals surface area contributed by atoms with Crippen molar-refractivity contribution in [3.05, 3.63) is 108 Å². The van der Waals surface area contributed by atoms with Gasteiger partial charge in [-0.15, -0.1) is 0 Å². The Morgan fingerprint density at radius 3 is 2.12 bits per heavy atom. The minimum absolute atomic E-state index is 0.00958. The highest BCUT2D eigenvalue weighted by molar-refractivity contribution is 7.89. The minimum Gasteiger partial charge on any atom is -0.319 e. The van der Waals surface area contributed by atoms with Crippen LogP contribution in [-0.4, -0.2) is 36.7 Å². The summed E-state index contributed by atoms with van der Waals surface area (Å²) >= 11 is 0. The van der Waals surface area contributed by atoms with Gasteiger partial charge in [0.1, 0.15) is 0 Å². The van der Waals surface area contributed by atoms with E-state index in [1.54, 1.807) is 29.2 Å². The summed E-state index contributed by atoms with van der Waals surface area (Å²) in [5, 5.41) is 0. The molecule has 0 bridgehead atoms. The van der Waals surface area contributed by atoms with Gasteiger partial charge in [-0.1, -0.05) is 84.4 Å². The molecule has 1 heterocycles. The van der Waals surface area contributed by atoms with Gasteiger partial charge in [-0.25, -0.2) is 17.5 Å². The average molecular weight is 447 g/mol. The van der Waals surface area contributed by atoms with E-state index in [1.807, 2.05) is 73.7 Å². The van der Waals surface area contributed by atoms with Crippen LogP contribution in [0.1, 0.15) is 23.1 Å². The lowest BCUT2D eigenvalue weighted by molar-refractivity contribution is 0.177. The summed E-state index contributed by atoms with van der Waals surface area (Å²) in [6.45, 7) is 2.68. The fourth-order valence-electron chi connectivity index (χ4n) is 3.77. The molecule has 0 fully saturated rings. The topological polar surface area (TPSA) is 57.7 Å². The van der Waals surface area contributed by atoms with E-state index < -0.39 is 16.1 Å². The molecule has 0 N–H and O–H groups in total. The zero-order valence-electron chi connectivity index (χ0n) is 18.0. The van der Waals surface area contributed by atoms with Gasteiger partial charge in [0.2, 0.25) is 0 Å². The molecular weight excluding hydrogens is 420 g/mol. The third kappa shape index (κ3) is 4.75. The molecule has 164 valence electrons. The summed E-state index contributed by atoms with van der Waals surface area (Å²) in [5.41, 5.74) is 3.66. The lowest BCUT2D eigenvalue weighted by atomic mass is 10.0. The van der Waals surface area contributed by atoms with Gasteiger partial charge < -0.3 is 4.90 Å². The molecule has 3 aromatic carbocycles. The van der Waals surface area contributed by atoms with Gasteiger partial charge in [-0.2, -0.15) is 0 Å². The zero-order valence-corrected chi connectivity index (χ0v) is 18.8. The largest absolute Gasteiger partial charge is 0.334 e. The molecule has 1 aliphatic heterocycles. The number of hydrogen-bond acceptors (Lipinski definition) is 3. The first-order chi connectivity index (χ1) is 15.4. The zero-order chi connectivity index (χ0) is 22.6. The predicted octanol–water partition coefficient (Wildman–Crippen LogP) is 5.10. The highest BCUT2D eigenvalue weighted by atomic mass is 32.2. The summed E-state index contributed by atoms with van der Waals surface area (Å²) in [4.78, 5) is 15.3. The molecule has 0 aliphatic carbocycles. The van der Waals surface area contributed by atoms with Gasteiger partial charge in [0.25, 0.3) is 10.0 Å². The highest BCUT2D eigenvalue weighted by Gasteiger charge is 2.34. The van der Waals surface area contributed by atoms with Crippen LogP contribution in [0, 0.1) is 6.92 Å². The Morgan fingerprint density at radius 2 is 1.47 bits per heavy atom. The van der Waals surface area contributed by atoms with Crippen molar-refractivity contribution in [1.29, 1.82) is 0 Å². The third-order valence-corrected chi connectivity index (χ3v) is 7.29. The van der Waals surface area contributed by atoms with E-state index in [-0.39, 0.29) is 11.4 Å². The number of hydrogen-bond donors (Lipinski definition) is 0. The molecule has 0 spiro atoms. The van der Waals surface area contributed by atoms with Crippen LogP contribution in [0.5, 0.6) is 0 Å². The van der Waals surface area contributed by atoms with Crippen LogP contribution in [0.2, 0.25) is 0 Å². The third-order valence-electron chi connectivity index (χ3n) is 5.56. The molecule has 0 radical (unpaired) electrons. The fraction of sp³-hybridized carbons (Fsp3) is 0.192. The SMILES string of the molecule is Cc1ccc(S(=O)(=O)N2C/C(c3ccccc3)=C\CCN(Cc3ccccc3)C2=O)cc1. The molecule has 2 amide bonds. The van der Waals surface area contributed by atoms with Gasteiger partial charge >= 0.3 is 6.03 Å². The van der Waals surface area contributed by atoms with Gasteiger partial charge in [0.05, 0.1) is 11.4 Å². The fourth-order valence-corrected chi connectivity index (χ4v) is 5.14. The maximum absolute atomic E-state index is 13.6. The summed E-state index contributed by atoms with van der Waals surface area (Å²) < 4.78 is 28.2. The molecule has 1 aliphatic rings. The van der Waals surface area contributed by atoms with Crippen molar-refractivity contribution in [2.75, 3.05) is 13.1 Å². The monoisotopic (exact) mass is 446 g/mol. The first kappa shape index (κ1) is 21.8. The molecule has 32 heavy (non-hydrogen) atoms. The predicted molar refractivity (Wildman–Crippen MR) is 126 cm³/mol. The van der Waals surface area contributed by atoms with E-state index in [2.05, 4.69) is 0 Å². The Labute approximate surface area is 189 Å². The number of urea groups is 1. The van der Waals surface area contributed by atoms with Gasteiger partial charge in [-0.05, 0) is 42.2 Å². The molecule has 6 heteroatoms. The van der Waals surface area contributed by atoms with E-state index in [0.29, 0.717) is 19.5 Å². The molecule has 3 aromatic rings. The molecule has 0 saturated heterocycles. The number of carbonyl (C=O) groups excluding carboxylic acids is 1. The van der Waals surface area contributed by atoms with Crippen molar-refractivity contribution in [3.63, 3.8) is 0 Å². The number of nitrogens with zero attached hydrogens (tertiary/aromatic N) is 2. The van der Waals surface area contributed by atoms with Gasteiger partial charge in [-0.3, -0.25) is 0 Å². The number of aryl methyl sites for hydroxylation is 1. The van der Waals surface area contributed by atoms with Crippen LogP contribution in [-0.2, 0) is 16.6 Å². The second kappa shape index (κ2) is 9.40. The standard InChI is InChI=1S/C26H26N2O3S/c1-21-14-16-25(17-15-21)32(30,31)28-20-24(23-11-6-3-7-12-23)13-8-18-27(26(28)29)19-22-9-4-2-5-10-22/h2-7,9-17H,8,18-20H2,1H3/b24-13+. The summed E-state index contributed by atoms with van der Waals surface area (Å²) in [5.74, 6) is 0. The van der Waals surface area contributed by atoms with Crippen LogP contribution in [0.25, 0.3) is 5.57 Å². The number of benzene rings is 3. The number of amides is 2. The number of carbonyl (C=O) groups is 1. The lowest BCUT2D eigenvalue weighted by Gasteiger charge is -2.32. The molecule has 4 rings (SSSR count). The van der Waals surface area contributed by atoms with Crippen LogP contribution >= 0.6 is 0 Å². The van der Waals surface area contributed by atoms with E-state index in [4.69, 9.17) is 0 Å². The quantitative estimate of drug-likeness (QED) is 0.548. The van der Waals surface area contributed by atoms with E-state index in [9.17, 15) is 13.2 Å². The van der Waals surface area contributed by atoms with Crippen LogP contribution < -0.4 is 0 Å². The molecule has 0 aromatic heterocycles. The van der Waals surface area contributed by atoms with Crippen LogP contribution in [0.3, 0.4) is 0 Å². The molecule has 0 saturated carbocycles. The van der Waals surface area contributed by atoms with Crippen molar-refractivity contribution in [3.8, 4) is 0 Å². The van der Waals surface area contributed by atoms with Crippen molar-refractivity contribution in [1.82, 2.24) is 9.21 Å². The molecule has 5 nitrogen and oxygen atoms in total. The Morgan fingerprint density at radius 1 is 0.844 bits per heavy atom. The molecular formula is C26H26N2O3S. The maximum atomic E-state index is 13.6. The lowest BCUT2D eigenvalue weighted by Crippen LogP contribution is -2.47. The summed E-state index contributed by atoms with van der Waals surface area (Å²) in [6, 6.07) is 25.4. The number of sulfonamides is 1. The minimum atomic E-state index is -4.03. The highest BCUT2D eigenvalue weighted by Crippen LogP contribution is 2.26. The first-order valence-corrected chi connectivity index (χ1v) is 12.1. The number of rotatable bonds is 5. The molecule has 0 unspecified atom stereocenters. The normalized spacial score (nSPS) is 16.8. The van der Waals surface area contributed by atoms with Gasteiger partial charge in [0.15, 0.2) is 0 Å². The molecule has 0 atom stereocenters. The maximum Gasteiger partial charge on any atom is 0.334 e. The Bertz CT molecular complexity index is 1200. The average Bonchev–Trinajstić information content (AvgIpc) is 2.80. The Balaban J connectivity index is 1.74. The summed E-state index contributed by atoms with van der Waals surface area (Å²) in [7, 11) is -4.03. The van der Waals surface area contributed by atoms with Crippen LogP contribution in [0.4, 0.5) is 4.79 Å².